The predicted molar refractivity (Wildman–Crippen MR) is 76.6 cm³/mol. The number of rotatable bonds is 3. The minimum atomic E-state index is 0.451. The van der Waals surface area contributed by atoms with Crippen LogP contribution in [0.25, 0.3) is 0 Å². The molecule has 2 rings (SSSR count). The molecule has 0 radical (unpaired) electrons. The number of aryl methyl sites for hydroxylation is 1. The van der Waals surface area contributed by atoms with E-state index in [9.17, 15) is 0 Å². The van der Waals surface area contributed by atoms with Gasteiger partial charge in [-0.15, -0.1) is 0 Å². The SMILES string of the molecule is Cc1cccc(C(C)N2CCN(C)CC2CN)c1. The number of nitrogens with two attached hydrogens (primary N) is 1. The van der Waals surface area contributed by atoms with Gasteiger partial charge < -0.3 is 10.6 Å². The minimum absolute atomic E-state index is 0.451. The van der Waals surface area contributed by atoms with Crippen LogP contribution in [0.15, 0.2) is 24.3 Å². The average molecular weight is 247 g/mol. The van der Waals surface area contributed by atoms with Gasteiger partial charge in [0.2, 0.25) is 0 Å². The summed E-state index contributed by atoms with van der Waals surface area (Å²) in [5.74, 6) is 0. The molecule has 3 nitrogen and oxygen atoms in total. The molecule has 1 aromatic carbocycles. The first-order valence-corrected chi connectivity index (χ1v) is 6.82. The molecule has 0 spiro atoms. The standard InChI is InChI=1S/C15H25N3/c1-12-5-4-6-14(9-12)13(2)18-8-7-17(3)11-15(18)10-16/h4-6,9,13,15H,7-8,10-11,16H2,1-3H3. The van der Waals surface area contributed by atoms with Gasteiger partial charge in [-0.3, -0.25) is 4.90 Å². The molecule has 1 aromatic rings. The zero-order valence-corrected chi connectivity index (χ0v) is 11.8. The molecule has 18 heavy (non-hydrogen) atoms. The molecular weight excluding hydrogens is 222 g/mol. The van der Waals surface area contributed by atoms with Crippen molar-refractivity contribution >= 4 is 0 Å². The zero-order valence-electron chi connectivity index (χ0n) is 11.8. The van der Waals surface area contributed by atoms with Crippen LogP contribution >= 0.6 is 0 Å². The Balaban J connectivity index is 2.14. The topological polar surface area (TPSA) is 32.5 Å². The maximum Gasteiger partial charge on any atom is 0.0352 e. The molecule has 1 heterocycles. The molecule has 1 saturated heterocycles. The second-order valence-electron chi connectivity index (χ2n) is 5.48. The highest BCUT2D eigenvalue weighted by atomic mass is 15.3. The molecule has 2 unspecified atom stereocenters. The summed E-state index contributed by atoms with van der Waals surface area (Å²) in [6.07, 6.45) is 0. The molecule has 100 valence electrons. The van der Waals surface area contributed by atoms with E-state index < -0.39 is 0 Å². The Bertz CT molecular complexity index is 391. The second kappa shape index (κ2) is 5.83. The third-order valence-electron chi connectivity index (χ3n) is 4.03. The van der Waals surface area contributed by atoms with E-state index in [0.717, 1.165) is 26.2 Å². The van der Waals surface area contributed by atoms with Gasteiger partial charge in [-0.1, -0.05) is 29.8 Å². The third-order valence-corrected chi connectivity index (χ3v) is 4.03. The highest BCUT2D eigenvalue weighted by molar-refractivity contribution is 5.25. The van der Waals surface area contributed by atoms with Gasteiger partial charge in [0.25, 0.3) is 0 Å². The lowest BCUT2D eigenvalue weighted by Gasteiger charge is -2.43. The van der Waals surface area contributed by atoms with Crippen molar-refractivity contribution in [3.63, 3.8) is 0 Å². The van der Waals surface area contributed by atoms with Crippen LogP contribution in [0.1, 0.15) is 24.1 Å². The summed E-state index contributed by atoms with van der Waals surface area (Å²) < 4.78 is 0. The molecule has 1 aliphatic rings. The van der Waals surface area contributed by atoms with E-state index in [4.69, 9.17) is 5.73 Å². The summed E-state index contributed by atoms with van der Waals surface area (Å²) in [7, 11) is 2.18. The van der Waals surface area contributed by atoms with Crippen LogP contribution < -0.4 is 5.73 Å². The Kier molecular flexibility index (Phi) is 4.38. The number of likely N-dealkylation sites (N-methyl/N-ethyl adjacent to an activating group) is 1. The third kappa shape index (κ3) is 2.91. The summed E-state index contributed by atoms with van der Waals surface area (Å²) in [6, 6.07) is 9.74. The molecule has 1 aliphatic heterocycles. The van der Waals surface area contributed by atoms with Crippen molar-refractivity contribution in [3.05, 3.63) is 35.4 Å². The van der Waals surface area contributed by atoms with Gasteiger partial charge in [-0.2, -0.15) is 0 Å². The van der Waals surface area contributed by atoms with Gasteiger partial charge in [-0.05, 0) is 26.5 Å². The van der Waals surface area contributed by atoms with Crippen molar-refractivity contribution in [1.29, 1.82) is 0 Å². The quantitative estimate of drug-likeness (QED) is 0.881. The first-order chi connectivity index (χ1) is 8.61. The van der Waals surface area contributed by atoms with Gasteiger partial charge in [0.15, 0.2) is 0 Å². The minimum Gasteiger partial charge on any atom is -0.329 e. The van der Waals surface area contributed by atoms with Crippen LogP contribution in [0, 0.1) is 6.92 Å². The number of nitrogens with zero attached hydrogens (tertiary/aromatic N) is 2. The van der Waals surface area contributed by atoms with E-state index in [1.54, 1.807) is 0 Å². The molecule has 2 atom stereocenters. The highest BCUT2D eigenvalue weighted by Gasteiger charge is 2.28. The molecule has 0 saturated carbocycles. The largest absolute Gasteiger partial charge is 0.329 e. The van der Waals surface area contributed by atoms with E-state index in [0.29, 0.717) is 12.1 Å². The van der Waals surface area contributed by atoms with Gasteiger partial charge in [-0.25, -0.2) is 0 Å². The number of hydrogen-bond donors (Lipinski definition) is 1. The smallest absolute Gasteiger partial charge is 0.0352 e. The zero-order chi connectivity index (χ0) is 13.1. The van der Waals surface area contributed by atoms with Crippen molar-refractivity contribution in [2.24, 2.45) is 5.73 Å². The summed E-state index contributed by atoms with van der Waals surface area (Å²) in [6.45, 7) is 8.50. The molecule has 2 N–H and O–H groups in total. The van der Waals surface area contributed by atoms with Crippen molar-refractivity contribution in [1.82, 2.24) is 9.80 Å². The summed E-state index contributed by atoms with van der Waals surface area (Å²) in [5.41, 5.74) is 8.67. The maximum absolute atomic E-state index is 5.93. The van der Waals surface area contributed by atoms with Crippen LogP contribution in [-0.2, 0) is 0 Å². The molecule has 1 fully saturated rings. The summed E-state index contributed by atoms with van der Waals surface area (Å²) in [4.78, 5) is 4.92. The molecule has 0 aliphatic carbocycles. The Morgan fingerprint density at radius 3 is 2.83 bits per heavy atom. The van der Waals surface area contributed by atoms with E-state index in [1.807, 2.05) is 0 Å². The fourth-order valence-electron chi connectivity index (χ4n) is 2.87. The van der Waals surface area contributed by atoms with E-state index >= 15 is 0 Å². The lowest BCUT2D eigenvalue weighted by atomic mass is 10.0. The van der Waals surface area contributed by atoms with E-state index in [1.165, 1.54) is 11.1 Å². The molecule has 0 amide bonds. The van der Waals surface area contributed by atoms with Crippen LogP contribution in [0.2, 0.25) is 0 Å². The van der Waals surface area contributed by atoms with E-state index in [2.05, 4.69) is 55.0 Å². The Labute approximate surface area is 111 Å². The number of hydrogen-bond acceptors (Lipinski definition) is 3. The fraction of sp³-hybridized carbons (Fsp3) is 0.600. The molecule has 3 heteroatoms. The van der Waals surface area contributed by atoms with Crippen LogP contribution in [0.5, 0.6) is 0 Å². The normalized spacial score (nSPS) is 24.1. The Morgan fingerprint density at radius 1 is 1.39 bits per heavy atom. The fourth-order valence-corrected chi connectivity index (χ4v) is 2.87. The van der Waals surface area contributed by atoms with Gasteiger partial charge in [0.1, 0.15) is 0 Å². The monoisotopic (exact) mass is 247 g/mol. The Hall–Kier alpha value is -0.900. The average Bonchev–Trinajstić information content (AvgIpc) is 2.37. The number of benzene rings is 1. The molecular formula is C15H25N3. The lowest BCUT2D eigenvalue weighted by Crippen LogP contribution is -2.55. The summed E-state index contributed by atoms with van der Waals surface area (Å²) in [5, 5.41) is 0. The lowest BCUT2D eigenvalue weighted by molar-refractivity contribution is 0.0621. The van der Waals surface area contributed by atoms with Crippen LogP contribution in [-0.4, -0.2) is 49.1 Å². The van der Waals surface area contributed by atoms with Crippen molar-refractivity contribution in [3.8, 4) is 0 Å². The maximum atomic E-state index is 5.93. The van der Waals surface area contributed by atoms with Gasteiger partial charge in [0.05, 0.1) is 0 Å². The van der Waals surface area contributed by atoms with E-state index in [-0.39, 0.29) is 0 Å². The van der Waals surface area contributed by atoms with Crippen LogP contribution in [0.4, 0.5) is 0 Å². The predicted octanol–water partition coefficient (Wildman–Crippen LogP) is 1.63. The highest BCUT2D eigenvalue weighted by Crippen LogP contribution is 2.24. The van der Waals surface area contributed by atoms with Crippen molar-refractivity contribution in [2.75, 3.05) is 33.2 Å². The van der Waals surface area contributed by atoms with Gasteiger partial charge >= 0.3 is 0 Å². The van der Waals surface area contributed by atoms with Crippen molar-refractivity contribution in [2.45, 2.75) is 25.9 Å². The summed E-state index contributed by atoms with van der Waals surface area (Å²) >= 11 is 0. The first kappa shape index (κ1) is 13.5. The molecule has 0 bridgehead atoms. The van der Waals surface area contributed by atoms with Gasteiger partial charge in [0, 0.05) is 38.3 Å². The molecule has 0 aromatic heterocycles. The Morgan fingerprint density at radius 2 is 2.17 bits per heavy atom. The number of piperazine rings is 1. The van der Waals surface area contributed by atoms with Crippen molar-refractivity contribution < 1.29 is 0 Å². The first-order valence-electron chi connectivity index (χ1n) is 6.82. The second-order valence-corrected chi connectivity index (χ2v) is 5.48. The van der Waals surface area contributed by atoms with Crippen LogP contribution in [0.3, 0.4) is 0 Å².